The highest BCUT2D eigenvalue weighted by Crippen LogP contribution is 2.35. The van der Waals surface area contributed by atoms with Crippen molar-refractivity contribution in [3.05, 3.63) is 95.3 Å². The van der Waals surface area contributed by atoms with Crippen LogP contribution < -0.4 is 15.4 Å². The van der Waals surface area contributed by atoms with Gasteiger partial charge in [0, 0.05) is 47.9 Å². The molecule has 45 heavy (non-hydrogen) atoms. The number of carbonyl (C=O) groups is 3. The van der Waals surface area contributed by atoms with Gasteiger partial charge >= 0.3 is 6.03 Å². The molecule has 0 saturated heterocycles. The van der Waals surface area contributed by atoms with Crippen LogP contribution in [0.1, 0.15) is 34.6 Å². The van der Waals surface area contributed by atoms with Crippen LogP contribution in [0.4, 0.5) is 20.6 Å². The summed E-state index contributed by atoms with van der Waals surface area (Å²) in [6.45, 7) is 3.80. The molecule has 3 atom stereocenters. The molecule has 2 heterocycles. The van der Waals surface area contributed by atoms with Crippen LogP contribution in [0.2, 0.25) is 0 Å². The van der Waals surface area contributed by atoms with Gasteiger partial charge in [0.1, 0.15) is 16.9 Å². The van der Waals surface area contributed by atoms with Crippen molar-refractivity contribution < 1.29 is 28.6 Å². The van der Waals surface area contributed by atoms with E-state index in [9.17, 15) is 23.9 Å². The van der Waals surface area contributed by atoms with Crippen LogP contribution >= 0.6 is 11.3 Å². The van der Waals surface area contributed by atoms with E-state index >= 15 is 0 Å². The minimum absolute atomic E-state index is 0.129. The summed E-state index contributed by atoms with van der Waals surface area (Å²) >= 11 is 1.50. The zero-order valence-electron chi connectivity index (χ0n) is 25.1. The minimum Gasteiger partial charge on any atom is -0.485 e. The molecule has 1 aliphatic rings. The van der Waals surface area contributed by atoms with Crippen LogP contribution in [0.3, 0.4) is 0 Å². The molecule has 4 aromatic rings. The summed E-state index contributed by atoms with van der Waals surface area (Å²) in [7, 11) is 1.61. The Kier molecular flexibility index (Phi) is 9.74. The molecule has 4 amide bonds. The average Bonchev–Trinajstić information content (AvgIpc) is 3.59. The molecule has 0 unspecified atom stereocenters. The van der Waals surface area contributed by atoms with Crippen molar-refractivity contribution in [1.82, 2.24) is 14.8 Å². The predicted octanol–water partition coefficient (Wildman–Crippen LogP) is 5.59. The van der Waals surface area contributed by atoms with E-state index in [1.807, 2.05) is 24.4 Å². The lowest BCUT2D eigenvalue weighted by Gasteiger charge is -2.38. The zero-order chi connectivity index (χ0) is 32.1. The van der Waals surface area contributed by atoms with Gasteiger partial charge < -0.3 is 30.3 Å². The summed E-state index contributed by atoms with van der Waals surface area (Å²) in [5, 5.41) is 18.3. The van der Waals surface area contributed by atoms with Crippen LogP contribution in [-0.2, 0) is 0 Å². The van der Waals surface area contributed by atoms with Crippen molar-refractivity contribution >= 4 is 40.6 Å². The monoisotopic (exact) mass is 631 g/mol. The number of aromatic nitrogens is 1. The molecule has 5 rings (SSSR count). The fourth-order valence-electron chi connectivity index (χ4n) is 4.99. The molecule has 1 aliphatic heterocycles. The summed E-state index contributed by atoms with van der Waals surface area (Å²) in [6.07, 6.45) is 1.11. The average molecular weight is 632 g/mol. The van der Waals surface area contributed by atoms with E-state index < -0.39 is 29.9 Å². The Balaban J connectivity index is 1.42. The molecule has 10 nitrogen and oxygen atoms in total. The Morgan fingerprint density at radius 1 is 1.13 bits per heavy atom. The number of ether oxygens (including phenoxy) is 1. The maximum atomic E-state index is 13.8. The number of nitrogens with one attached hydrogen (secondary N) is 2. The molecule has 234 valence electrons. The first-order valence-corrected chi connectivity index (χ1v) is 15.3. The topological polar surface area (TPSA) is 124 Å². The Bertz CT molecular complexity index is 1650. The molecule has 0 fully saturated rings. The number of likely N-dealkylation sites (N-methyl/N-ethyl adjacent to an activating group) is 1. The number of hydrogen-bond donors (Lipinski definition) is 3. The second kappa shape index (κ2) is 13.9. The zero-order valence-corrected chi connectivity index (χ0v) is 25.9. The van der Waals surface area contributed by atoms with Gasteiger partial charge in [-0.25, -0.2) is 14.2 Å². The van der Waals surface area contributed by atoms with E-state index in [2.05, 4.69) is 15.6 Å². The number of urea groups is 1. The van der Waals surface area contributed by atoms with E-state index in [1.54, 1.807) is 55.4 Å². The standard InChI is InChI=1S/C33H34FN5O5S/c1-20-17-39(21(2)19-40)32(42)26-5-4-6-27(37-30(41)22-7-9-23(10-8-22)31-35-15-16-45-31)29(26)44-28(20)18-38(3)33(43)36-25-13-11-24(34)12-14-25/h4-16,20-21,28,40H,17-19H2,1-3H3,(H,36,43)(H,37,41)/t20-,21-,28-/m1/s1. The number of aliphatic hydroxyl groups is 1. The highest BCUT2D eigenvalue weighted by atomic mass is 32.1. The number of anilines is 2. The number of nitrogens with zero attached hydrogens (tertiary/aromatic N) is 3. The Hall–Kier alpha value is -4.81. The van der Waals surface area contributed by atoms with Gasteiger partial charge in [-0.3, -0.25) is 9.59 Å². The number of rotatable bonds is 8. The number of aliphatic hydroxyl groups excluding tert-OH is 1. The van der Waals surface area contributed by atoms with Crippen LogP contribution in [0, 0.1) is 11.7 Å². The lowest BCUT2D eigenvalue weighted by atomic mass is 9.99. The number of halogens is 1. The first kappa shape index (κ1) is 31.6. The third-order valence-electron chi connectivity index (χ3n) is 7.66. The van der Waals surface area contributed by atoms with Crippen molar-refractivity contribution in [2.45, 2.75) is 26.0 Å². The third-order valence-corrected chi connectivity index (χ3v) is 8.48. The summed E-state index contributed by atoms with van der Waals surface area (Å²) in [5.74, 6) is -1.26. The SMILES string of the molecule is C[C@@H]1CN([C@H](C)CO)C(=O)c2cccc(NC(=O)c3ccc(-c4nccs4)cc3)c2O[C@@H]1CN(C)C(=O)Nc1ccc(F)cc1. The lowest BCUT2D eigenvalue weighted by molar-refractivity contribution is 0.0372. The quantitative estimate of drug-likeness (QED) is 0.233. The fourth-order valence-corrected chi connectivity index (χ4v) is 5.63. The molecule has 0 bridgehead atoms. The number of benzene rings is 3. The Labute approximate surface area is 264 Å². The van der Waals surface area contributed by atoms with Crippen molar-refractivity contribution in [2.24, 2.45) is 5.92 Å². The largest absolute Gasteiger partial charge is 0.485 e. The predicted molar refractivity (Wildman–Crippen MR) is 171 cm³/mol. The molecule has 3 aromatic carbocycles. The van der Waals surface area contributed by atoms with E-state index in [0.29, 0.717) is 16.9 Å². The van der Waals surface area contributed by atoms with Crippen LogP contribution in [0.15, 0.2) is 78.3 Å². The van der Waals surface area contributed by atoms with E-state index in [-0.39, 0.29) is 42.8 Å². The Morgan fingerprint density at radius 2 is 1.87 bits per heavy atom. The van der Waals surface area contributed by atoms with Crippen LogP contribution in [0.25, 0.3) is 10.6 Å². The Morgan fingerprint density at radius 3 is 2.53 bits per heavy atom. The maximum absolute atomic E-state index is 13.8. The van der Waals surface area contributed by atoms with Crippen molar-refractivity contribution in [3.8, 4) is 16.3 Å². The van der Waals surface area contributed by atoms with E-state index in [1.165, 1.54) is 40.5 Å². The third kappa shape index (κ3) is 7.30. The minimum atomic E-state index is -0.607. The number of carbonyl (C=O) groups excluding carboxylic acids is 3. The molecule has 0 aliphatic carbocycles. The molecule has 0 radical (unpaired) electrons. The van der Waals surface area contributed by atoms with Gasteiger partial charge in [-0.1, -0.05) is 25.1 Å². The molecule has 0 saturated carbocycles. The van der Waals surface area contributed by atoms with E-state index in [0.717, 1.165) is 10.6 Å². The van der Waals surface area contributed by atoms with Crippen molar-refractivity contribution in [3.63, 3.8) is 0 Å². The first-order valence-electron chi connectivity index (χ1n) is 14.4. The van der Waals surface area contributed by atoms with E-state index in [4.69, 9.17) is 4.74 Å². The molecular weight excluding hydrogens is 597 g/mol. The maximum Gasteiger partial charge on any atom is 0.321 e. The van der Waals surface area contributed by atoms with Gasteiger partial charge in [-0.15, -0.1) is 11.3 Å². The smallest absolute Gasteiger partial charge is 0.321 e. The number of para-hydroxylation sites is 1. The summed E-state index contributed by atoms with van der Waals surface area (Å²) in [4.78, 5) is 47.5. The highest BCUT2D eigenvalue weighted by molar-refractivity contribution is 7.13. The molecule has 3 N–H and O–H groups in total. The second-order valence-electron chi connectivity index (χ2n) is 11.0. The van der Waals surface area contributed by atoms with Crippen LogP contribution in [0.5, 0.6) is 5.75 Å². The van der Waals surface area contributed by atoms with Crippen molar-refractivity contribution in [1.29, 1.82) is 0 Å². The second-order valence-corrected chi connectivity index (χ2v) is 11.9. The molecule has 0 spiro atoms. The first-order chi connectivity index (χ1) is 21.6. The number of amides is 4. The molecule has 1 aromatic heterocycles. The number of thiazole rings is 1. The fraction of sp³-hybridized carbons (Fsp3) is 0.273. The number of hydrogen-bond acceptors (Lipinski definition) is 7. The summed E-state index contributed by atoms with van der Waals surface area (Å²) < 4.78 is 19.8. The lowest BCUT2D eigenvalue weighted by Crippen LogP contribution is -2.50. The normalized spacial score (nSPS) is 16.9. The van der Waals surface area contributed by atoms with Gasteiger partial charge in [-0.05, 0) is 55.5 Å². The van der Waals surface area contributed by atoms with Gasteiger partial charge in [0.05, 0.1) is 30.4 Å². The number of fused-ring (bicyclic) bond motifs is 1. The highest BCUT2D eigenvalue weighted by Gasteiger charge is 2.35. The molecular formula is C33H34FN5O5S. The van der Waals surface area contributed by atoms with Crippen molar-refractivity contribution in [2.75, 3.05) is 37.4 Å². The summed E-state index contributed by atoms with van der Waals surface area (Å²) in [5.41, 5.74) is 2.25. The summed E-state index contributed by atoms with van der Waals surface area (Å²) in [6, 6.07) is 16.5. The van der Waals surface area contributed by atoms with Gasteiger partial charge in [0.15, 0.2) is 5.75 Å². The van der Waals surface area contributed by atoms with Crippen LogP contribution in [-0.4, -0.2) is 76.6 Å². The molecule has 12 heteroatoms. The van der Waals surface area contributed by atoms with Gasteiger partial charge in [0.25, 0.3) is 11.8 Å². The van der Waals surface area contributed by atoms with Gasteiger partial charge in [-0.2, -0.15) is 0 Å². The van der Waals surface area contributed by atoms with Gasteiger partial charge in [0.2, 0.25) is 0 Å².